The Bertz CT molecular complexity index is 286. The Morgan fingerprint density at radius 1 is 1.82 bits per heavy atom. The van der Waals surface area contributed by atoms with Crippen molar-refractivity contribution in [3.63, 3.8) is 0 Å². The molecule has 0 fully saturated rings. The third-order valence-corrected chi connectivity index (χ3v) is 2.88. The lowest BCUT2D eigenvalue weighted by molar-refractivity contribution is 0.670. The summed E-state index contributed by atoms with van der Waals surface area (Å²) in [6.45, 7) is 1.79. The maximum atomic E-state index is 11.1. The monoisotopic (exact) mass is 238 g/mol. The van der Waals surface area contributed by atoms with Gasteiger partial charge in [0.25, 0.3) is 0 Å². The van der Waals surface area contributed by atoms with E-state index in [9.17, 15) is 4.21 Å². The molecule has 1 rings (SSSR count). The van der Waals surface area contributed by atoms with Crippen LogP contribution in [0.25, 0.3) is 0 Å². The van der Waals surface area contributed by atoms with Crippen LogP contribution in [0.4, 0.5) is 5.95 Å². The normalized spacial score (nSPS) is 13.3. The van der Waals surface area contributed by atoms with Crippen molar-refractivity contribution < 1.29 is 4.21 Å². The van der Waals surface area contributed by atoms with Gasteiger partial charge in [-0.2, -0.15) is 4.98 Å². The van der Waals surface area contributed by atoms with E-state index in [0.29, 0.717) is 10.5 Å². The summed E-state index contributed by atoms with van der Waals surface area (Å²) in [5, 5.41) is 3.72. The molecule has 0 amide bonds. The van der Waals surface area contributed by atoms with E-state index in [-0.39, 0.29) is 5.95 Å². The molecule has 0 saturated carbocycles. The van der Waals surface area contributed by atoms with Crippen molar-refractivity contribution in [2.75, 3.05) is 11.5 Å². The van der Waals surface area contributed by atoms with Gasteiger partial charge in [0.05, 0.1) is 0 Å². The molecule has 0 aliphatic carbocycles. The van der Waals surface area contributed by atoms with Gasteiger partial charge >= 0.3 is 0 Å². The minimum absolute atomic E-state index is 0.124. The fraction of sp³-hybridized carbons (Fsp3) is 0.500. The van der Waals surface area contributed by atoms with Crippen molar-refractivity contribution in [3.05, 3.63) is 4.73 Å². The molecule has 0 spiro atoms. The highest BCUT2D eigenvalue weighted by Gasteiger charge is 2.08. The molecule has 0 radical (unpaired) electrons. The molecule has 0 aliphatic rings. The van der Waals surface area contributed by atoms with Crippen LogP contribution in [0.1, 0.15) is 6.92 Å². The van der Waals surface area contributed by atoms with E-state index in [1.54, 1.807) is 6.92 Å². The van der Waals surface area contributed by atoms with E-state index in [2.05, 4.69) is 26.0 Å². The first-order valence-electron chi connectivity index (χ1n) is 2.92. The minimum Gasteiger partial charge on any atom is -0.366 e. The lowest BCUT2D eigenvalue weighted by atomic mass is 11.0. The average Bonchev–Trinajstić information content (AvgIpc) is 2.28. The highest BCUT2D eigenvalue weighted by molar-refractivity contribution is 9.10. The third-order valence-electron chi connectivity index (χ3n) is 0.998. The number of halogens is 1. The van der Waals surface area contributed by atoms with Gasteiger partial charge in [0.1, 0.15) is 11.0 Å². The highest BCUT2D eigenvalue weighted by Crippen LogP contribution is 2.08. The quantitative estimate of drug-likeness (QED) is 0.797. The highest BCUT2D eigenvalue weighted by atomic mass is 79.9. The molecular weight excluding hydrogens is 232 g/mol. The summed E-state index contributed by atoms with van der Waals surface area (Å²) in [5.74, 6) is 0.611. The number of anilines is 1. The second-order valence-electron chi connectivity index (χ2n) is 1.72. The number of nitrogen functional groups attached to an aromatic ring is 1. The Morgan fingerprint density at radius 2 is 2.45 bits per heavy atom. The molecule has 7 heteroatoms. The molecule has 0 aromatic carbocycles. The first-order valence-corrected chi connectivity index (χ1v) is 4.99. The number of hydrogen-bond donors (Lipinski definition) is 1. The summed E-state index contributed by atoms with van der Waals surface area (Å²) in [7, 11) is -1.16. The van der Waals surface area contributed by atoms with Gasteiger partial charge in [0.15, 0.2) is 0 Å². The van der Waals surface area contributed by atoms with Crippen molar-refractivity contribution in [3.8, 4) is 0 Å². The molecule has 2 N–H and O–H groups in total. The van der Waals surface area contributed by atoms with Crippen LogP contribution in [0.5, 0.6) is 0 Å². The fourth-order valence-corrected chi connectivity index (χ4v) is 1.92. The van der Waals surface area contributed by atoms with Crippen molar-refractivity contribution in [2.45, 2.75) is 6.92 Å². The smallest absolute Gasteiger partial charge is 0.241 e. The van der Waals surface area contributed by atoms with Crippen molar-refractivity contribution in [1.82, 2.24) is 14.2 Å². The molecule has 0 bridgehead atoms. The molecule has 1 aromatic heterocycles. The number of rotatable bonds is 2. The van der Waals surface area contributed by atoms with E-state index < -0.39 is 11.0 Å². The van der Waals surface area contributed by atoms with Crippen LogP contribution in [0.3, 0.4) is 0 Å². The van der Waals surface area contributed by atoms with Crippen LogP contribution >= 0.6 is 15.9 Å². The molecule has 0 saturated heterocycles. The molecule has 11 heavy (non-hydrogen) atoms. The number of aromatic nitrogens is 3. The molecule has 1 unspecified atom stereocenters. The molecule has 1 heterocycles. The standard InChI is InChI=1S/C4H7BrN4OS/c1-2-11(10)9-3(5)7-4(6)8-9/h2H2,1H3,(H2,6,8). The lowest BCUT2D eigenvalue weighted by Crippen LogP contribution is -2.08. The number of nitrogens with two attached hydrogens (primary N) is 1. The summed E-state index contributed by atoms with van der Waals surface area (Å²) >= 11 is 3.07. The zero-order valence-electron chi connectivity index (χ0n) is 5.82. The van der Waals surface area contributed by atoms with Crippen LogP contribution in [0, 0.1) is 0 Å². The predicted octanol–water partition coefficient (Wildman–Crippen LogP) is 0.154. The van der Waals surface area contributed by atoms with Gasteiger partial charge in [-0.05, 0) is 15.9 Å². The van der Waals surface area contributed by atoms with Crippen LogP contribution in [0.15, 0.2) is 4.73 Å². The molecule has 5 nitrogen and oxygen atoms in total. The first kappa shape index (κ1) is 8.66. The summed E-state index contributed by atoms with van der Waals surface area (Å²) in [4.78, 5) is 3.73. The summed E-state index contributed by atoms with van der Waals surface area (Å²) < 4.78 is 12.8. The van der Waals surface area contributed by atoms with Crippen LogP contribution < -0.4 is 5.73 Å². The first-order chi connectivity index (χ1) is 5.15. The van der Waals surface area contributed by atoms with E-state index in [4.69, 9.17) is 5.73 Å². The Hall–Kier alpha value is -0.430. The molecular formula is C4H7BrN4OS. The lowest BCUT2D eigenvalue weighted by Gasteiger charge is -1.95. The van der Waals surface area contributed by atoms with Gasteiger partial charge in [0.2, 0.25) is 10.7 Å². The summed E-state index contributed by atoms with van der Waals surface area (Å²) in [5.41, 5.74) is 5.26. The van der Waals surface area contributed by atoms with Gasteiger partial charge in [-0.15, -0.1) is 9.19 Å². The Balaban J connectivity index is 3.03. The maximum Gasteiger partial charge on any atom is 0.241 e. The summed E-state index contributed by atoms with van der Waals surface area (Å²) in [6.07, 6.45) is 0. The van der Waals surface area contributed by atoms with Crippen molar-refractivity contribution in [2.24, 2.45) is 0 Å². The molecule has 62 valence electrons. The second kappa shape index (κ2) is 3.31. The Kier molecular flexibility index (Phi) is 2.61. The van der Waals surface area contributed by atoms with Crippen LogP contribution in [0.2, 0.25) is 0 Å². The maximum absolute atomic E-state index is 11.1. The van der Waals surface area contributed by atoms with Crippen molar-refractivity contribution >= 4 is 32.9 Å². The molecule has 1 aromatic rings. The summed E-state index contributed by atoms with van der Waals surface area (Å²) in [6, 6.07) is 0. The number of hydrogen-bond acceptors (Lipinski definition) is 4. The third kappa shape index (κ3) is 1.78. The molecule has 1 atom stereocenters. The second-order valence-corrected chi connectivity index (χ2v) is 4.00. The number of nitrogens with zero attached hydrogens (tertiary/aromatic N) is 3. The predicted molar refractivity (Wildman–Crippen MR) is 46.2 cm³/mol. The van der Waals surface area contributed by atoms with E-state index in [1.165, 1.54) is 4.09 Å². The average molecular weight is 239 g/mol. The fourth-order valence-electron chi connectivity index (χ4n) is 0.546. The van der Waals surface area contributed by atoms with Crippen molar-refractivity contribution in [1.29, 1.82) is 0 Å². The largest absolute Gasteiger partial charge is 0.366 e. The molecule has 0 aliphatic heterocycles. The Morgan fingerprint density at radius 3 is 2.82 bits per heavy atom. The Labute approximate surface area is 74.7 Å². The van der Waals surface area contributed by atoms with Gasteiger partial charge in [-0.1, -0.05) is 6.92 Å². The van der Waals surface area contributed by atoms with E-state index >= 15 is 0 Å². The van der Waals surface area contributed by atoms with E-state index in [0.717, 1.165) is 0 Å². The van der Waals surface area contributed by atoms with Crippen LogP contribution in [-0.4, -0.2) is 24.1 Å². The minimum atomic E-state index is -1.16. The van der Waals surface area contributed by atoms with E-state index in [1.807, 2.05) is 0 Å². The zero-order valence-corrected chi connectivity index (χ0v) is 8.22. The topological polar surface area (TPSA) is 73.8 Å². The van der Waals surface area contributed by atoms with Gasteiger partial charge in [0, 0.05) is 5.75 Å². The van der Waals surface area contributed by atoms with Gasteiger partial charge in [-0.3, -0.25) is 0 Å². The van der Waals surface area contributed by atoms with Crippen LogP contribution in [-0.2, 0) is 11.0 Å². The van der Waals surface area contributed by atoms with Gasteiger partial charge in [-0.25, -0.2) is 4.21 Å². The van der Waals surface area contributed by atoms with Gasteiger partial charge < -0.3 is 5.73 Å². The zero-order chi connectivity index (χ0) is 8.43. The SMILES string of the molecule is CCS(=O)n1nc(N)nc1Br.